The van der Waals surface area contributed by atoms with E-state index in [9.17, 15) is 0 Å². The van der Waals surface area contributed by atoms with Gasteiger partial charge in [0.25, 0.3) is 0 Å². The second-order valence-electron chi connectivity index (χ2n) is 6.12. The molecule has 0 aliphatic carbocycles. The van der Waals surface area contributed by atoms with Crippen LogP contribution in [0.1, 0.15) is 72.1 Å². The molecule has 0 N–H and O–H groups in total. The summed E-state index contributed by atoms with van der Waals surface area (Å²) >= 11 is 0. The van der Waals surface area contributed by atoms with Gasteiger partial charge in [-0.15, -0.1) is 0 Å². The number of ether oxygens (including phenoxy) is 4. The van der Waals surface area contributed by atoms with Crippen molar-refractivity contribution < 1.29 is 18.9 Å². The summed E-state index contributed by atoms with van der Waals surface area (Å²) in [7, 11) is 6.58. The average molecular weight is 318 g/mol. The van der Waals surface area contributed by atoms with Gasteiger partial charge in [0.05, 0.1) is 0 Å². The van der Waals surface area contributed by atoms with E-state index in [2.05, 4.69) is 20.8 Å². The van der Waals surface area contributed by atoms with Crippen molar-refractivity contribution in [3.63, 3.8) is 0 Å². The number of methoxy groups -OCH3 is 4. The minimum atomic E-state index is -1.17. The van der Waals surface area contributed by atoms with Gasteiger partial charge in [0.1, 0.15) is 0 Å². The monoisotopic (exact) mass is 318 g/mol. The van der Waals surface area contributed by atoms with Crippen LogP contribution >= 0.6 is 0 Å². The Bertz CT molecular complexity index is 258. The van der Waals surface area contributed by atoms with Crippen LogP contribution in [0, 0.1) is 5.92 Å². The lowest BCUT2D eigenvalue weighted by Crippen LogP contribution is -2.62. The predicted molar refractivity (Wildman–Crippen MR) is 90.9 cm³/mol. The van der Waals surface area contributed by atoms with E-state index in [1.54, 1.807) is 28.4 Å². The summed E-state index contributed by atoms with van der Waals surface area (Å²) in [5.41, 5.74) is -0.606. The van der Waals surface area contributed by atoms with Gasteiger partial charge in [-0.1, -0.05) is 59.3 Å². The largest absolute Gasteiger partial charge is 0.369 e. The van der Waals surface area contributed by atoms with Gasteiger partial charge in [0, 0.05) is 28.4 Å². The van der Waals surface area contributed by atoms with Crippen molar-refractivity contribution in [2.45, 2.75) is 83.7 Å². The molecule has 22 heavy (non-hydrogen) atoms. The van der Waals surface area contributed by atoms with Gasteiger partial charge in [-0.05, 0) is 18.8 Å². The molecule has 0 saturated heterocycles. The van der Waals surface area contributed by atoms with Crippen LogP contribution in [-0.4, -0.2) is 40.0 Å². The van der Waals surface area contributed by atoms with Gasteiger partial charge < -0.3 is 18.9 Å². The highest BCUT2D eigenvalue weighted by Crippen LogP contribution is 2.43. The minimum absolute atomic E-state index is 0.277. The third kappa shape index (κ3) is 4.92. The first kappa shape index (κ1) is 21.8. The van der Waals surface area contributed by atoms with Crippen LogP contribution in [0.25, 0.3) is 0 Å². The molecule has 134 valence electrons. The van der Waals surface area contributed by atoms with Gasteiger partial charge in [0.15, 0.2) is 5.60 Å². The van der Waals surface area contributed by atoms with E-state index in [1.165, 1.54) is 32.1 Å². The van der Waals surface area contributed by atoms with Crippen molar-refractivity contribution in [2.24, 2.45) is 5.92 Å². The van der Waals surface area contributed by atoms with Crippen molar-refractivity contribution in [2.75, 3.05) is 28.4 Å². The van der Waals surface area contributed by atoms with E-state index in [4.69, 9.17) is 18.9 Å². The van der Waals surface area contributed by atoms with E-state index >= 15 is 0 Å². The maximum absolute atomic E-state index is 5.98. The molecular formula is C18H38O4. The molecule has 4 heteroatoms. The number of unbranched alkanes of at least 4 members (excludes halogenated alkanes) is 4. The highest BCUT2D eigenvalue weighted by molar-refractivity contribution is 4.94. The molecule has 0 saturated carbocycles. The van der Waals surface area contributed by atoms with Gasteiger partial charge in [-0.25, -0.2) is 0 Å². The fourth-order valence-electron chi connectivity index (χ4n) is 3.56. The lowest BCUT2D eigenvalue weighted by molar-refractivity contribution is -0.433. The Morgan fingerprint density at radius 1 is 0.727 bits per heavy atom. The van der Waals surface area contributed by atoms with Crippen molar-refractivity contribution in [3.05, 3.63) is 0 Å². The van der Waals surface area contributed by atoms with E-state index in [0.29, 0.717) is 0 Å². The quantitative estimate of drug-likeness (QED) is 0.342. The van der Waals surface area contributed by atoms with Crippen molar-refractivity contribution in [1.29, 1.82) is 0 Å². The molecule has 0 rings (SSSR count). The molecule has 2 atom stereocenters. The standard InChI is InChI=1S/C18H38O4/c1-8-10-11-12-13-14-16(3)17(19-4,15-9-2)18(20-5,21-6)22-7/h16H,8-15H2,1-7H3. The summed E-state index contributed by atoms with van der Waals surface area (Å²) in [6, 6.07) is 0. The molecule has 2 unspecified atom stereocenters. The minimum Gasteiger partial charge on any atom is -0.369 e. The zero-order chi connectivity index (χ0) is 17.1. The molecule has 0 heterocycles. The SMILES string of the molecule is CCCCCCCC(C)C(CCC)(OC)C(OC)(OC)OC. The van der Waals surface area contributed by atoms with Crippen LogP contribution in [-0.2, 0) is 18.9 Å². The molecule has 4 nitrogen and oxygen atoms in total. The van der Waals surface area contributed by atoms with Crippen LogP contribution in [0.2, 0.25) is 0 Å². The predicted octanol–water partition coefficient (Wildman–Crippen LogP) is 4.76. The highest BCUT2D eigenvalue weighted by atomic mass is 16.9. The Balaban J connectivity index is 5.07. The Kier molecular flexibility index (Phi) is 11.3. The Labute approximate surface area is 137 Å². The molecule has 0 aliphatic heterocycles. The normalized spacial score (nSPS) is 16.5. The molecule has 0 aromatic carbocycles. The molecule has 0 radical (unpaired) electrons. The van der Waals surface area contributed by atoms with E-state index in [-0.39, 0.29) is 5.92 Å². The van der Waals surface area contributed by atoms with Crippen LogP contribution in [0.3, 0.4) is 0 Å². The van der Waals surface area contributed by atoms with E-state index in [0.717, 1.165) is 19.3 Å². The molecule has 0 bridgehead atoms. The molecule has 0 aromatic heterocycles. The summed E-state index contributed by atoms with van der Waals surface area (Å²) in [6.45, 7) is 6.60. The van der Waals surface area contributed by atoms with Crippen molar-refractivity contribution in [1.82, 2.24) is 0 Å². The third-order valence-electron chi connectivity index (χ3n) is 4.85. The maximum Gasteiger partial charge on any atom is 0.313 e. The highest BCUT2D eigenvalue weighted by Gasteiger charge is 2.57. The Hall–Kier alpha value is -0.160. The molecule has 0 amide bonds. The zero-order valence-electron chi connectivity index (χ0n) is 15.9. The second kappa shape index (κ2) is 11.4. The third-order valence-corrected chi connectivity index (χ3v) is 4.85. The van der Waals surface area contributed by atoms with E-state index in [1.807, 2.05) is 0 Å². The fourth-order valence-corrected chi connectivity index (χ4v) is 3.56. The van der Waals surface area contributed by atoms with Gasteiger partial charge in [-0.2, -0.15) is 0 Å². The number of rotatable bonds is 14. The maximum atomic E-state index is 5.98. The molecule has 0 fully saturated rings. The summed E-state index contributed by atoms with van der Waals surface area (Å²) in [4.78, 5) is 0. The van der Waals surface area contributed by atoms with Crippen LogP contribution < -0.4 is 0 Å². The first-order valence-corrected chi connectivity index (χ1v) is 8.74. The molecule has 0 spiro atoms. The molecule has 0 aliphatic rings. The lowest BCUT2D eigenvalue weighted by Gasteiger charge is -2.49. The first-order chi connectivity index (χ1) is 10.5. The summed E-state index contributed by atoms with van der Waals surface area (Å²) in [5, 5.41) is 0. The summed E-state index contributed by atoms with van der Waals surface area (Å²) in [5.74, 6) is -0.889. The number of hydrogen-bond acceptors (Lipinski definition) is 4. The summed E-state index contributed by atoms with van der Waals surface area (Å²) in [6.07, 6.45) is 9.25. The van der Waals surface area contributed by atoms with Gasteiger partial charge in [0.2, 0.25) is 0 Å². The smallest absolute Gasteiger partial charge is 0.313 e. The topological polar surface area (TPSA) is 36.9 Å². The van der Waals surface area contributed by atoms with Crippen molar-refractivity contribution >= 4 is 0 Å². The first-order valence-electron chi connectivity index (χ1n) is 8.74. The van der Waals surface area contributed by atoms with Gasteiger partial charge in [-0.3, -0.25) is 0 Å². The van der Waals surface area contributed by atoms with Gasteiger partial charge >= 0.3 is 5.97 Å². The van der Waals surface area contributed by atoms with Crippen LogP contribution in [0.5, 0.6) is 0 Å². The van der Waals surface area contributed by atoms with Crippen molar-refractivity contribution in [3.8, 4) is 0 Å². The summed E-state index contributed by atoms with van der Waals surface area (Å²) < 4.78 is 22.9. The van der Waals surface area contributed by atoms with Crippen LogP contribution in [0.15, 0.2) is 0 Å². The Morgan fingerprint density at radius 3 is 1.68 bits per heavy atom. The average Bonchev–Trinajstić information content (AvgIpc) is 2.55. The van der Waals surface area contributed by atoms with Crippen LogP contribution in [0.4, 0.5) is 0 Å². The fraction of sp³-hybridized carbons (Fsp3) is 1.00. The lowest BCUT2D eigenvalue weighted by atomic mass is 9.79. The number of hydrogen-bond donors (Lipinski definition) is 0. The Morgan fingerprint density at radius 2 is 1.27 bits per heavy atom. The zero-order valence-corrected chi connectivity index (χ0v) is 15.9. The molecular weight excluding hydrogens is 280 g/mol. The second-order valence-corrected chi connectivity index (χ2v) is 6.12. The molecule has 0 aromatic rings. The van der Waals surface area contributed by atoms with E-state index < -0.39 is 11.6 Å².